The van der Waals surface area contributed by atoms with Gasteiger partial charge < -0.3 is 5.32 Å². The largest absolute Gasteiger partial charge is 0.310 e. The van der Waals surface area contributed by atoms with Crippen LogP contribution in [0.3, 0.4) is 0 Å². The Balaban J connectivity index is 1.85. The molecule has 0 amide bonds. The zero-order valence-electron chi connectivity index (χ0n) is 11.6. The molecule has 2 heteroatoms. The van der Waals surface area contributed by atoms with Crippen LogP contribution in [0.1, 0.15) is 44.6 Å². The third-order valence-electron chi connectivity index (χ3n) is 4.09. The van der Waals surface area contributed by atoms with Crippen LogP contribution in [-0.4, -0.2) is 12.3 Å². The second-order valence-corrected chi connectivity index (χ2v) is 6.33. The van der Waals surface area contributed by atoms with Crippen LogP contribution < -0.4 is 5.32 Å². The lowest BCUT2D eigenvalue weighted by atomic mass is 9.97. The Morgan fingerprint density at radius 3 is 2.56 bits per heavy atom. The van der Waals surface area contributed by atoms with Crippen molar-refractivity contribution in [2.24, 2.45) is 5.92 Å². The molecule has 1 N–H and O–H groups in total. The lowest BCUT2D eigenvalue weighted by molar-refractivity contribution is 0.356. The Labute approximate surface area is 116 Å². The van der Waals surface area contributed by atoms with E-state index in [0.717, 1.165) is 12.5 Å². The summed E-state index contributed by atoms with van der Waals surface area (Å²) in [4.78, 5) is 1.35. The van der Waals surface area contributed by atoms with Crippen LogP contribution in [-0.2, 0) is 6.54 Å². The summed E-state index contributed by atoms with van der Waals surface area (Å²) in [5.74, 6) is 0.831. The first-order valence-corrected chi connectivity index (χ1v) is 8.38. The molecule has 0 saturated heterocycles. The molecular weight excluding hydrogens is 238 g/mol. The minimum Gasteiger partial charge on any atom is -0.310 e. The Bertz CT molecular complexity index is 347. The summed E-state index contributed by atoms with van der Waals surface area (Å²) in [6, 6.07) is 9.66. The zero-order chi connectivity index (χ0) is 12.8. The van der Waals surface area contributed by atoms with E-state index >= 15 is 0 Å². The molecule has 1 nitrogen and oxygen atoms in total. The summed E-state index contributed by atoms with van der Waals surface area (Å²) < 4.78 is 0. The fourth-order valence-electron chi connectivity index (χ4n) is 2.79. The molecule has 0 bridgehead atoms. The quantitative estimate of drug-likeness (QED) is 0.635. The van der Waals surface area contributed by atoms with Gasteiger partial charge in [0.25, 0.3) is 0 Å². The maximum absolute atomic E-state index is 3.76. The molecule has 1 saturated carbocycles. The molecule has 0 aliphatic heterocycles. The molecule has 100 valence electrons. The normalized spacial score (nSPS) is 24.8. The van der Waals surface area contributed by atoms with E-state index in [1.165, 1.54) is 42.6 Å². The standard InChI is InChI=1S/C16H25NS/c1-13-6-4-3-5-7-16(13)17-12-14-8-10-15(18-2)11-9-14/h8-11,13,16-17H,3-7,12H2,1-2H3. The van der Waals surface area contributed by atoms with Gasteiger partial charge in [0, 0.05) is 17.5 Å². The molecule has 2 rings (SSSR count). The van der Waals surface area contributed by atoms with Gasteiger partial charge in [-0.2, -0.15) is 0 Å². The SMILES string of the molecule is CSc1ccc(CNC2CCCCCC2C)cc1. The molecule has 0 radical (unpaired) electrons. The van der Waals surface area contributed by atoms with Gasteiger partial charge >= 0.3 is 0 Å². The topological polar surface area (TPSA) is 12.0 Å². The second-order valence-electron chi connectivity index (χ2n) is 5.45. The van der Waals surface area contributed by atoms with E-state index in [1.807, 2.05) is 0 Å². The van der Waals surface area contributed by atoms with E-state index in [2.05, 4.69) is 42.8 Å². The predicted octanol–water partition coefficient (Wildman–Crippen LogP) is 4.47. The first-order valence-electron chi connectivity index (χ1n) is 7.16. The average molecular weight is 263 g/mol. The van der Waals surface area contributed by atoms with Crippen LogP contribution in [0.4, 0.5) is 0 Å². The predicted molar refractivity (Wildman–Crippen MR) is 81.1 cm³/mol. The van der Waals surface area contributed by atoms with Gasteiger partial charge in [-0.05, 0) is 42.7 Å². The number of hydrogen-bond acceptors (Lipinski definition) is 2. The molecule has 1 aliphatic rings. The highest BCUT2D eigenvalue weighted by atomic mass is 32.2. The van der Waals surface area contributed by atoms with Crippen molar-refractivity contribution < 1.29 is 0 Å². The van der Waals surface area contributed by atoms with Crippen molar-refractivity contribution in [1.29, 1.82) is 0 Å². The van der Waals surface area contributed by atoms with Crippen LogP contribution in [0.15, 0.2) is 29.2 Å². The van der Waals surface area contributed by atoms with Gasteiger partial charge in [0.2, 0.25) is 0 Å². The Kier molecular flexibility index (Phi) is 5.58. The molecular formula is C16H25NS. The van der Waals surface area contributed by atoms with E-state index in [4.69, 9.17) is 0 Å². The van der Waals surface area contributed by atoms with Crippen LogP contribution in [0.2, 0.25) is 0 Å². The minimum absolute atomic E-state index is 0.715. The highest BCUT2D eigenvalue weighted by molar-refractivity contribution is 7.98. The molecule has 1 aromatic rings. The van der Waals surface area contributed by atoms with Gasteiger partial charge in [-0.15, -0.1) is 11.8 Å². The summed E-state index contributed by atoms with van der Waals surface area (Å²) in [5, 5.41) is 3.76. The molecule has 0 heterocycles. The zero-order valence-corrected chi connectivity index (χ0v) is 12.4. The number of hydrogen-bond donors (Lipinski definition) is 1. The molecule has 1 fully saturated rings. The van der Waals surface area contributed by atoms with E-state index < -0.39 is 0 Å². The first-order chi connectivity index (χ1) is 8.79. The van der Waals surface area contributed by atoms with Crippen molar-refractivity contribution in [2.75, 3.05) is 6.26 Å². The van der Waals surface area contributed by atoms with Crippen LogP contribution in [0, 0.1) is 5.92 Å². The maximum Gasteiger partial charge on any atom is 0.0208 e. The molecule has 2 atom stereocenters. The summed E-state index contributed by atoms with van der Waals surface area (Å²) in [6.45, 7) is 3.42. The summed E-state index contributed by atoms with van der Waals surface area (Å²) >= 11 is 1.81. The van der Waals surface area contributed by atoms with E-state index in [-0.39, 0.29) is 0 Å². The third kappa shape index (κ3) is 4.03. The first kappa shape index (κ1) is 14.0. The van der Waals surface area contributed by atoms with Crippen LogP contribution in [0.5, 0.6) is 0 Å². The Hall–Kier alpha value is -0.470. The third-order valence-corrected chi connectivity index (χ3v) is 4.83. The highest BCUT2D eigenvalue weighted by Crippen LogP contribution is 2.23. The minimum atomic E-state index is 0.715. The lowest BCUT2D eigenvalue weighted by Gasteiger charge is -2.23. The molecule has 1 aliphatic carbocycles. The Morgan fingerprint density at radius 2 is 1.83 bits per heavy atom. The lowest BCUT2D eigenvalue weighted by Crippen LogP contribution is -2.33. The summed E-state index contributed by atoms with van der Waals surface area (Å²) in [5.41, 5.74) is 1.41. The van der Waals surface area contributed by atoms with E-state index in [9.17, 15) is 0 Å². The number of thioether (sulfide) groups is 1. The monoisotopic (exact) mass is 263 g/mol. The number of nitrogens with one attached hydrogen (secondary N) is 1. The van der Waals surface area contributed by atoms with Crippen molar-refractivity contribution in [3.05, 3.63) is 29.8 Å². The van der Waals surface area contributed by atoms with Gasteiger partial charge in [0.05, 0.1) is 0 Å². The fourth-order valence-corrected chi connectivity index (χ4v) is 3.20. The van der Waals surface area contributed by atoms with Gasteiger partial charge in [-0.25, -0.2) is 0 Å². The number of rotatable bonds is 4. The van der Waals surface area contributed by atoms with Crippen molar-refractivity contribution >= 4 is 11.8 Å². The van der Waals surface area contributed by atoms with Gasteiger partial charge in [-0.1, -0.05) is 38.3 Å². The van der Waals surface area contributed by atoms with E-state index in [1.54, 1.807) is 11.8 Å². The fraction of sp³-hybridized carbons (Fsp3) is 0.625. The van der Waals surface area contributed by atoms with Gasteiger partial charge in [0.15, 0.2) is 0 Å². The van der Waals surface area contributed by atoms with Crippen LogP contribution >= 0.6 is 11.8 Å². The van der Waals surface area contributed by atoms with Gasteiger partial charge in [0.1, 0.15) is 0 Å². The maximum atomic E-state index is 3.76. The van der Waals surface area contributed by atoms with Crippen molar-refractivity contribution in [3.8, 4) is 0 Å². The second kappa shape index (κ2) is 7.20. The Morgan fingerprint density at radius 1 is 1.11 bits per heavy atom. The molecule has 18 heavy (non-hydrogen) atoms. The van der Waals surface area contributed by atoms with Crippen molar-refractivity contribution in [1.82, 2.24) is 5.32 Å². The van der Waals surface area contributed by atoms with E-state index in [0.29, 0.717) is 6.04 Å². The molecule has 0 spiro atoms. The summed E-state index contributed by atoms with van der Waals surface area (Å²) in [6.07, 6.45) is 9.10. The van der Waals surface area contributed by atoms with Crippen molar-refractivity contribution in [3.63, 3.8) is 0 Å². The van der Waals surface area contributed by atoms with Gasteiger partial charge in [-0.3, -0.25) is 0 Å². The molecule has 1 aromatic carbocycles. The average Bonchev–Trinajstić information content (AvgIpc) is 2.62. The van der Waals surface area contributed by atoms with Crippen LogP contribution in [0.25, 0.3) is 0 Å². The highest BCUT2D eigenvalue weighted by Gasteiger charge is 2.18. The number of benzene rings is 1. The van der Waals surface area contributed by atoms with Crippen molar-refractivity contribution in [2.45, 2.75) is 56.5 Å². The molecule has 2 unspecified atom stereocenters. The smallest absolute Gasteiger partial charge is 0.0208 e. The summed E-state index contributed by atoms with van der Waals surface area (Å²) in [7, 11) is 0. The molecule has 0 aromatic heterocycles.